The maximum absolute atomic E-state index is 10.7. The summed E-state index contributed by atoms with van der Waals surface area (Å²) in [7, 11) is 1.64. The summed E-state index contributed by atoms with van der Waals surface area (Å²) in [5.74, 6) is 0.757. The van der Waals surface area contributed by atoms with Crippen LogP contribution in [0.15, 0.2) is 24.3 Å². The predicted octanol–water partition coefficient (Wildman–Crippen LogP) is 1.20. The average Bonchev–Trinajstić information content (AvgIpc) is 2.46. The molecule has 4 heteroatoms. The third-order valence-electron chi connectivity index (χ3n) is 3.81. The van der Waals surface area contributed by atoms with Gasteiger partial charge in [0.05, 0.1) is 12.7 Å². The van der Waals surface area contributed by atoms with Crippen molar-refractivity contribution in [1.29, 1.82) is 0 Å². The van der Waals surface area contributed by atoms with Gasteiger partial charge < -0.3 is 20.1 Å². The molecule has 2 rings (SSSR count). The van der Waals surface area contributed by atoms with Gasteiger partial charge in [0.25, 0.3) is 0 Å². The lowest BCUT2D eigenvalue weighted by molar-refractivity contribution is 0.0323. The molecule has 0 bridgehead atoms. The van der Waals surface area contributed by atoms with Gasteiger partial charge in [-0.15, -0.1) is 0 Å². The number of ether oxygens (including phenoxy) is 1. The van der Waals surface area contributed by atoms with E-state index in [2.05, 4.69) is 10.2 Å². The number of hydrogen-bond acceptors (Lipinski definition) is 4. The molecule has 1 aliphatic rings. The molecule has 1 aromatic rings. The maximum atomic E-state index is 10.7. The Morgan fingerprint density at radius 2 is 2.00 bits per heavy atom. The number of aliphatic hydroxyl groups is 1. The van der Waals surface area contributed by atoms with Crippen molar-refractivity contribution in [3.05, 3.63) is 29.8 Å². The molecule has 19 heavy (non-hydrogen) atoms. The molecule has 1 atom stereocenters. The Bertz CT molecular complexity index is 401. The van der Waals surface area contributed by atoms with Crippen LogP contribution >= 0.6 is 0 Å². The highest BCUT2D eigenvalue weighted by Crippen LogP contribution is 2.32. The summed E-state index contributed by atoms with van der Waals surface area (Å²) in [4.78, 5) is 2.39. The van der Waals surface area contributed by atoms with E-state index in [-0.39, 0.29) is 0 Å². The van der Waals surface area contributed by atoms with E-state index in [1.165, 1.54) is 0 Å². The second kappa shape index (κ2) is 6.37. The van der Waals surface area contributed by atoms with Crippen molar-refractivity contribution in [2.75, 3.05) is 39.8 Å². The lowest BCUT2D eigenvalue weighted by atomic mass is 9.91. The molecule has 0 amide bonds. The number of nitrogens with zero attached hydrogens (tertiary/aromatic N) is 1. The fourth-order valence-corrected chi connectivity index (χ4v) is 2.53. The van der Waals surface area contributed by atoms with Gasteiger partial charge in [0.15, 0.2) is 0 Å². The summed E-state index contributed by atoms with van der Waals surface area (Å²) in [6, 6.07) is 7.71. The Kier molecular flexibility index (Phi) is 4.80. The quantitative estimate of drug-likeness (QED) is 0.839. The molecule has 1 aliphatic heterocycles. The molecule has 1 heterocycles. The Labute approximate surface area is 115 Å². The highest BCUT2D eigenvalue weighted by molar-refractivity contribution is 5.37. The summed E-state index contributed by atoms with van der Waals surface area (Å²) < 4.78 is 5.34. The second-order valence-electron chi connectivity index (χ2n) is 5.32. The first-order valence-corrected chi connectivity index (χ1v) is 6.92. The van der Waals surface area contributed by atoms with Crippen molar-refractivity contribution >= 4 is 0 Å². The summed E-state index contributed by atoms with van der Waals surface area (Å²) in [6.07, 6.45) is 0.716. The summed E-state index contributed by atoms with van der Waals surface area (Å²) in [5.41, 5.74) is 0.0185. The van der Waals surface area contributed by atoms with Crippen LogP contribution in [0, 0.1) is 0 Å². The largest absolute Gasteiger partial charge is 0.496 e. The third kappa shape index (κ3) is 3.69. The van der Waals surface area contributed by atoms with Crippen molar-refractivity contribution in [1.82, 2.24) is 10.2 Å². The Hall–Kier alpha value is -1.10. The number of benzene rings is 1. The van der Waals surface area contributed by atoms with Crippen molar-refractivity contribution < 1.29 is 9.84 Å². The first-order valence-electron chi connectivity index (χ1n) is 6.92. The normalized spacial score (nSPS) is 19.9. The highest BCUT2D eigenvalue weighted by Gasteiger charge is 2.27. The van der Waals surface area contributed by atoms with E-state index >= 15 is 0 Å². The highest BCUT2D eigenvalue weighted by atomic mass is 16.5. The fourth-order valence-electron chi connectivity index (χ4n) is 2.53. The number of para-hydroxylation sites is 1. The SMILES string of the molecule is COc1ccccc1C(C)(O)CCN1CCNCC1. The van der Waals surface area contributed by atoms with Gasteiger partial charge in [0.1, 0.15) is 5.75 Å². The second-order valence-corrected chi connectivity index (χ2v) is 5.32. The third-order valence-corrected chi connectivity index (χ3v) is 3.81. The zero-order valence-electron chi connectivity index (χ0n) is 11.9. The van der Waals surface area contributed by atoms with Crippen LogP contribution in [-0.2, 0) is 5.60 Å². The minimum Gasteiger partial charge on any atom is -0.496 e. The van der Waals surface area contributed by atoms with E-state index in [9.17, 15) is 5.11 Å². The van der Waals surface area contributed by atoms with Gasteiger partial charge in [-0.2, -0.15) is 0 Å². The molecule has 106 valence electrons. The van der Waals surface area contributed by atoms with Crippen LogP contribution in [0.4, 0.5) is 0 Å². The molecule has 1 saturated heterocycles. The molecule has 0 saturated carbocycles. The van der Waals surface area contributed by atoms with E-state index in [1.54, 1.807) is 7.11 Å². The lowest BCUT2D eigenvalue weighted by Crippen LogP contribution is -2.45. The monoisotopic (exact) mass is 264 g/mol. The molecule has 0 aromatic heterocycles. The van der Waals surface area contributed by atoms with E-state index in [1.807, 2.05) is 31.2 Å². The standard InChI is InChI=1S/C15H24N2O2/c1-15(18,7-10-17-11-8-16-9-12-17)13-5-3-4-6-14(13)19-2/h3-6,16,18H,7-12H2,1-2H3. The van der Waals surface area contributed by atoms with E-state index in [0.29, 0.717) is 6.42 Å². The molecule has 4 nitrogen and oxygen atoms in total. The fraction of sp³-hybridized carbons (Fsp3) is 0.600. The molecule has 1 unspecified atom stereocenters. The van der Waals surface area contributed by atoms with Gasteiger partial charge in [0.2, 0.25) is 0 Å². The zero-order valence-corrected chi connectivity index (χ0v) is 11.9. The number of rotatable bonds is 5. The van der Waals surface area contributed by atoms with E-state index in [0.717, 1.165) is 44.0 Å². The van der Waals surface area contributed by atoms with Crippen molar-refractivity contribution in [2.24, 2.45) is 0 Å². The van der Waals surface area contributed by atoms with Gasteiger partial charge in [-0.25, -0.2) is 0 Å². The molecule has 0 radical (unpaired) electrons. The average molecular weight is 264 g/mol. The summed E-state index contributed by atoms with van der Waals surface area (Å²) in [6.45, 7) is 6.97. The topological polar surface area (TPSA) is 44.7 Å². The van der Waals surface area contributed by atoms with Crippen molar-refractivity contribution in [2.45, 2.75) is 18.9 Å². The van der Waals surface area contributed by atoms with Gasteiger partial charge in [0, 0.05) is 38.3 Å². The summed E-state index contributed by atoms with van der Waals surface area (Å²) >= 11 is 0. The van der Waals surface area contributed by atoms with Crippen LogP contribution in [0.3, 0.4) is 0 Å². The van der Waals surface area contributed by atoms with E-state index < -0.39 is 5.60 Å². The summed E-state index contributed by atoms with van der Waals surface area (Å²) in [5, 5.41) is 14.0. The number of methoxy groups -OCH3 is 1. The van der Waals surface area contributed by atoms with Crippen molar-refractivity contribution in [3.8, 4) is 5.75 Å². The molecule has 2 N–H and O–H groups in total. The van der Waals surface area contributed by atoms with Crippen molar-refractivity contribution in [3.63, 3.8) is 0 Å². The van der Waals surface area contributed by atoms with Crippen LogP contribution in [0.1, 0.15) is 18.9 Å². The van der Waals surface area contributed by atoms with Crippen LogP contribution in [0.2, 0.25) is 0 Å². The molecular formula is C15H24N2O2. The predicted molar refractivity (Wildman–Crippen MR) is 76.5 cm³/mol. The Balaban J connectivity index is 2.00. The van der Waals surface area contributed by atoms with Crippen LogP contribution in [-0.4, -0.2) is 49.8 Å². The maximum Gasteiger partial charge on any atom is 0.124 e. The van der Waals surface area contributed by atoms with Gasteiger partial charge in [-0.1, -0.05) is 18.2 Å². The van der Waals surface area contributed by atoms with E-state index in [4.69, 9.17) is 4.74 Å². The lowest BCUT2D eigenvalue weighted by Gasteiger charge is -2.32. The molecule has 0 spiro atoms. The minimum absolute atomic E-state index is 0.716. The smallest absolute Gasteiger partial charge is 0.124 e. The van der Waals surface area contributed by atoms with Gasteiger partial charge in [-0.3, -0.25) is 0 Å². The molecular weight excluding hydrogens is 240 g/mol. The first kappa shape index (κ1) is 14.3. The van der Waals surface area contributed by atoms with Crippen LogP contribution in [0.5, 0.6) is 5.75 Å². The number of nitrogens with one attached hydrogen (secondary N) is 1. The van der Waals surface area contributed by atoms with Crippen LogP contribution in [0.25, 0.3) is 0 Å². The van der Waals surface area contributed by atoms with Gasteiger partial charge in [-0.05, 0) is 19.4 Å². The molecule has 1 fully saturated rings. The zero-order chi connectivity index (χ0) is 13.7. The number of hydrogen-bond donors (Lipinski definition) is 2. The first-order chi connectivity index (χ1) is 9.13. The minimum atomic E-state index is -0.850. The Morgan fingerprint density at radius 1 is 1.32 bits per heavy atom. The van der Waals surface area contributed by atoms with Gasteiger partial charge >= 0.3 is 0 Å². The molecule has 0 aliphatic carbocycles. The Morgan fingerprint density at radius 3 is 2.68 bits per heavy atom. The molecule has 1 aromatic carbocycles. The van der Waals surface area contributed by atoms with Crippen LogP contribution < -0.4 is 10.1 Å². The number of piperazine rings is 1.